The Morgan fingerprint density at radius 2 is 1.73 bits per heavy atom. The second-order valence-corrected chi connectivity index (χ2v) is 7.95. The van der Waals surface area contributed by atoms with E-state index in [1.165, 1.54) is 12.8 Å². The molecular weight excluding hydrogens is 378 g/mol. The highest BCUT2D eigenvalue weighted by atomic mass is 16.5. The summed E-state index contributed by atoms with van der Waals surface area (Å²) < 4.78 is 5.43. The lowest BCUT2D eigenvalue weighted by molar-refractivity contribution is -0.153. The van der Waals surface area contributed by atoms with Crippen molar-refractivity contribution in [2.45, 2.75) is 32.8 Å². The summed E-state index contributed by atoms with van der Waals surface area (Å²) in [5, 5.41) is 2.87. The Kier molecular flexibility index (Phi) is 7.85. The molecule has 0 aliphatic carbocycles. The van der Waals surface area contributed by atoms with Crippen molar-refractivity contribution in [2.24, 2.45) is 17.6 Å². The molecule has 1 fully saturated rings. The molecule has 1 saturated heterocycles. The summed E-state index contributed by atoms with van der Waals surface area (Å²) in [6, 6.07) is 17.2. The van der Waals surface area contributed by atoms with Crippen LogP contribution in [0, 0.1) is 11.8 Å². The summed E-state index contributed by atoms with van der Waals surface area (Å²) in [4.78, 5) is 27.9. The average molecular weight is 410 g/mol. The number of amides is 1. The number of nitrogens with one attached hydrogen (secondary N) is 1. The third-order valence-electron chi connectivity index (χ3n) is 5.47. The molecular formula is C24H31N3O3. The van der Waals surface area contributed by atoms with Gasteiger partial charge in [0.05, 0.1) is 0 Å². The molecule has 6 nitrogen and oxygen atoms in total. The van der Waals surface area contributed by atoms with Crippen LogP contribution in [-0.4, -0.2) is 31.5 Å². The second-order valence-electron chi connectivity index (χ2n) is 7.95. The highest BCUT2D eigenvalue weighted by Gasteiger charge is 2.30. The first-order chi connectivity index (χ1) is 14.6. The quantitative estimate of drug-likeness (QED) is 0.489. The first kappa shape index (κ1) is 21.8. The van der Waals surface area contributed by atoms with Gasteiger partial charge in [-0.05, 0) is 61.6 Å². The number of nitrogens with zero attached hydrogens (tertiary/aromatic N) is 1. The first-order valence-electron chi connectivity index (χ1n) is 10.6. The molecule has 0 bridgehead atoms. The molecule has 3 N–H and O–H groups in total. The number of carbonyl (C=O) groups excluding carboxylic acids is 2. The summed E-state index contributed by atoms with van der Waals surface area (Å²) >= 11 is 0. The van der Waals surface area contributed by atoms with Gasteiger partial charge in [0.15, 0.2) is 0 Å². The van der Waals surface area contributed by atoms with Gasteiger partial charge in [0.2, 0.25) is 5.91 Å². The lowest BCUT2D eigenvalue weighted by Crippen LogP contribution is -2.33. The zero-order valence-electron chi connectivity index (χ0n) is 17.5. The van der Waals surface area contributed by atoms with Crippen molar-refractivity contribution in [3.8, 4) is 0 Å². The van der Waals surface area contributed by atoms with Crippen molar-refractivity contribution >= 4 is 23.3 Å². The van der Waals surface area contributed by atoms with E-state index in [0.717, 1.165) is 24.3 Å². The highest BCUT2D eigenvalue weighted by molar-refractivity contribution is 6.04. The first-order valence-corrected chi connectivity index (χ1v) is 10.6. The van der Waals surface area contributed by atoms with Crippen LogP contribution in [0.4, 0.5) is 11.4 Å². The predicted octanol–water partition coefficient (Wildman–Crippen LogP) is 3.57. The zero-order valence-corrected chi connectivity index (χ0v) is 17.5. The maximum Gasteiger partial charge on any atom is 0.318 e. The van der Waals surface area contributed by atoms with Gasteiger partial charge in [-0.1, -0.05) is 37.3 Å². The molecule has 2 aromatic carbocycles. The Bertz CT molecular complexity index is 817. The summed E-state index contributed by atoms with van der Waals surface area (Å²) in [7, 11) is 0. The molecule has 1 aliphatic heterocycles. The van der Waals surface area contributed by atoms with Crippen LogP contribution in [0.5, 0.6) is 0 Å². The van der Waals surface area contributed by atoms with Crippen LogP contribution in [0.2, 0.25) is 0 Å². The topological polar surface area (TPSA) is 84.7 Å². The molecule has 2 atom stereocenters. The molecule has 0 spiro atoms. The summed E-state index contributed by atoms with van der Waals surface area (Å²) in [6.07, 6.45) is 2.77. The molecule has 0 saturated carbocycles. The van der Waals surface area contributed by atoms with Crippen LogP contribution in [-0.2, 0) is 20.9 Å². The molecule has 0 aromatic heterocycles. The van der Waals surface area contributed by atoms with Crippen molar-refractivity contribution < 1.29 is 14.3 Å². The minimum atomic E-state index is -0.898. The van der Waals surface area contributed by atoms with Gasteiger partial charge < -0.3 is 20.7 Å². The van der Waals surface area contributed by atoms with Crippen LogP contribution < -0.4 is 16.0 Å². The number of esters is 1. The van der Waals surface area contributed by atoms with E-state index in [-0.39, 0.29) is 18.4 Å². The van der Waals surface area contributed by atoms with Gasteiger partial charge in [-0.15, -0.1) is 0 Å². The zero-order chi connectivity index (χ0) is 21.3. The van der Waals surface area contributed by atoms with Crippen molar-refractivity contribution in [1.29, 1.82) is 0 Å². The number of hydrogen-bond donors (Lipinski definition) is 2. The fraction of sp³-hybridized carbons (Fsp3) is 0.417. The number of anilines is 2. The van der Waals surface area contributed by atoms with Crippen molar-refractivity contribution in [3.05, 3.63) is 60.2 Å². The Labute approximate surface area is 178 Å². The average Bonchev–Trinajstić information content (AvgIpc) is 3.31. The third kappa shape index (κ3) is 6.07. The maximum atomic E-state index is 12.9. The highest BCUT2D eigenvalue weighted by Crippen LogP contribution is 2.23. The molecule has 3 rings (SSSR count). The monoisotopic (exact) mass is 409 g/mol. The molecule has 160 valence electrons. The van der Waals surface area contributed by atoms with Gasteiger partial charge in [0.25, 0.3) is 0 Å². The Morgan fingerprint density at radius 3 is 2.37 bits per heavy atom. The number of benzene rings is 2. The van der Waals surface area contributed by atoms with Crippen LogP contribution in [0.3, 0.4) is 0 Å². The van der Waals surface area contributed by atoms with E-state index < -0.39 is 11.9 Å². The normalized spacial score (nSPS) is 15.5. The lowest BCUT2D eigenvalue weighted by Gasteiger charge is -2.20. The Morgan fingerprint density at radius 1 is 1.07 bits per heavy atom. The Hall–Kier alpha value is -2.86. The van der Waals surface area contributed by atoms with Gasteiger partial charge in [0.1, 0.15) is 12.5 Å². The summed E-state index contributed by atoms with van der Waals surface area (Å²) in [6.45, 7) is 4.61. The van der Waals surface area contributed by atoms with E-state index in [1.807, 2.05) is 61.5 Å². The predicted molar refractivity (Wildman–Crippen MR) is 119 cm³/mol. The van der Waals surface area contributed by atoms with Crippen molar-refractivity contribution in [3.63, 3.8) is 0 Å². The summed E-state index contributed by atoms with van der Waals surface area (Å²) in [5.41, 5.74) is 8.43. The van der Waals surface area contributed by atoms with Crippen LogP contribution in [0.25, 0.3) is 0 Å². The number of ether oxygens (including phenoxy) is 1. The van der Waals surface area contributed by atoms with Crippen LogP contribution in [0.1, 0.15) is 31.7 Å². The SMILES string of the molecule is CC(CN)CC(C(=O)Nc1ccc(N2CCCC2)cc1)C(=O)OCc1ccccc1. The van der Waals surface area contributed by atoms with Gasteiger partial charge in [-0.3, -0.25) is 9.59 Å². The fourth-order valence-corrected chi connectivity index (χ4v) is 3.60. The van der Waals surface area contributed by atoms with Gasteiger partial charge in [-0.25, -0.2) is 0 Å². The summed E-state index contributed by atoms with van der Waals surface area (Å²) in [5.74, 6) is -1.75. The van der Waals surface area contributed by atoms with Gasteiger partial charge in [-0.2, -0.15) is 0 Å². The number of nitrogens with two attached hydrogens (primary N) is 1. The fourth-order valence-electron chi connectivity index (χ4n) is 3.60. The van der Waals surface area contributed by atoms with Crippen molar-refractivity contribution in [2.75, 3.05) is 29.9 Å². The standard InChI is InChI=1S/C24H31N3O3/c1-18(16-25)15-22(24(29)30-17-19-7-3-2-4-8-19)23(28)26-20-9-11-21(12-10-20)27-13-5-6-14-27/h2-4,7-12,18,22H,5-6,13-17,25H2,1H3,(H,26,28). The molecule has 2 aromatic rings. The number of carbonyl (C=O) groups is 2. The third-order valence-corrected chi connectivity index (χ3v) is 5.47. The number of hydrogen-bond acceptors (Lipinski definition) is 5. The van der Waals surface area contributed by atoms with E-state index >= 15 is 0 Å². The van der Waals surface area contributed by atoms with Crippen LogP contribution >= 0.6 is 0 Å². The minimum absolute atomic E-state index is 0.0302. The molecule has 1 aliphatic rings. The molecule has 6 heteroatoms. The molecule has 1 heterocycles. The lowest BCUT2D eigenvalue weighted by atomic mass is 9.95. The van der Waals surface area contributed by atoms with Gasteiger partial charge in [0, 0.05) is 24.5 Å². The molecule has 0 radical (unpaired) electrons. The van der Waals surface area contributed by atoms with E-state index in [0.29, 0.717) is 18.7 Å². The van der Waals surface area contributed by atoms with Gasteiger partial charge >= 0.3 is 5.97 Å². The largest absolute Gasteiger partial charge is 0.460 e. The van der Waals surface area contributed by atoms with Crippen LogP contribution in [0.15, 0.2) is 54.6 Å². The minimum Gasteiger partial charge on any atom is -0.460 e. The number of rotatable bonds is 9. The van der Waals surface area contributed by atoms with E-state index in [2.05, 4.69) is 10.2 Å². The maximum absolute atomic E-state index is 12.9. The molecule has 1 amide bonds. The van der Waals surface area contributed by atoms with Crippen molar-refractivity contribution in [1.82, 2.24) is 0 Å². The van der Waals surface area contributed by atoms with E-state index in [1.54, 1.807) is 0 Å². The second kappa shape index (κ2) is 10.8. The molecule has 2 unspecified atom stereocenters. The molecule has 30 heavy (non-hydrogen) atoms. The Balaban J connectivity index is 1.63. The van der Waals surface area contributed by atoms with E-state index in [9.17, 15) is 9.59 Å². The van der Waals surface area contributed by atoms with E-state index in [4.69, 9.17) is 10.5 Å². The smallest absolute Gasteiger partial charge is 0.318 e.